The van der Waals surface area contributed by atoms with Crippen LogP contribution in [-0.4, -0.2) is 48.8 Å². The number of halogens is 3. The van der Waals surface area contributed by atoms with Gasteiger partial charge >= 0.3 is 0 Å². The lowest BCUT2D eigenvalue weighted by Crippen LogP contribution is -2.43. The highest BCUT2D eigenvalue weighted by atomic mass is 19.3. The lowest BCUT2D eigenvalue weighted by molar-refractivity contribution is -0.131. The van der Waals surface area contributed by atoms with Crippen LogP contribution in [0.4, 0.5) is 13.2 Å². The summed E-state index contributed by atoms with van der Waals surface area (Å²) in [5.74, 6) is -4.15. The fraction of sp³-hybridized carbons (Fsp3) is 0.615. The van der Waals surface area contributed by atoms with E-state index in [1.165, 1.54) is 0 Å². The third-order valence-corrected chi connectivity index (χ3v) is 8.34. The molecular weight excluding hydrogens is 515 g/mol. The van der Waals surface area contributed by atoms with Crippen molar-refractivity contribution in [2.24, 2.45) is 17.8 Å². The molecule has 2 amide bonds. The summed E-state index contributed by atoms with van der Waals surface area (Å²) in [6, 6.07) is 0.878. The van der Waals surface area contributed by atoms with E-state index in [4.69, 9.17) is 4.98 Å². The number of rotatable bonds is 8. The molecule has 3 fully saturated rings. The normalized spacial score (nSPS) is 24.6. The number of fused-ring (bicyclic) bond motifs is 1. The van der Waals surface area contributed by atoms with E-state index in [1.54, 1.807) is 23.8 Å². The van der Waals surface area contributed by atoms with Crippen LogP contribution in [0, 0.1) is 24.7 Å². The Balaban J connectivity index is 1.27. The lowest BCUT2D eigenvalue weighted by atomic mass is 9.81. The maximum absolute atomic E-state index is 13.9. The van der Waals surface area contributed by atoms with Crippen molar-refractivity contribution in [2.75, 3.05) is 0 Å². The summed E-state index contributed by atoms with van der Waals surface area (Å²) in [6.45, 7) is 1.59. The second-order valence-corrected chi connectivity index (χ2v) is 11.1. The van der Waals surface area contributed by atoms with Gasteiger partial charge in [-0.05, 0) is 74.1 Å². The van der Waals surface area contributed by atoms with E-state index in [1.807, 2.05) is 6.07 Å². The number of carbonyl (C=O) groups is 2. The van der Waals surface area contributed by atoms with Gasteiger partial charge in [0.2, 0.25) is 11.8 Å². The molecule has 3 aromatic heterocycles. The quantitative estimate of drug-likeness (QED) is 0.438. The van der Waals surface area contributed by atoms with Gasteiger partial charge in [-0.3, -0.25) is 9.59 Å². The number of hydrogen-bond donors (Lipinski definition) is 2. The van der Waals surface area contributed by atoms with Gasteiger partial charge in [0, 0.05) is 12.8 Å². The van der Waals surface area contributed by atoms with Gasteiger partial charge in [0.25, 0.3) is 5.91 Å². The number of aryl methyl sites for hydroxylation is 1. The van der Waals surface area contributed by atoms with Gasteiger partial charge in [-0.15, -0.1) is 0 Å². The maximum atomic E-state index is 13.9. The van der Waals surface area contributed by atoms with Gasteiger partial charge in [-0.2, -0.15) is 5.10 Å². The van der Waals surface area contributed by atoms with Gasteiger partial charge in [0.15, 0.2) is 11.3 Å². The van der Waals surface area contributed by atoms with E-state index in [0.717, 1.165) is 18.4 Å². The van der Waals surface area contributed by atoms with Crippen LogP contribution in [-0.2, 0) is 4.79 Å². The molecule has 3 heterocycles. The molecule has 2 N–H and O–H groups in total. The first-order valence-electron chi connectivity index (χ1n) is 13.5. The van der Waals surface area contributed by atoms with Crippen molar-refractivity contribution in [3.63, 3.8) is 0 Å². The van der Waals surface area contributed by atoms with Gasteiger partial charge < -0.3 is 10.6 Å². The van der Waals surface area contributed by atoms with E-state index in [2.05, 4.69) is 30.7 Å². The molecular formula is C26H30F3N7O3. The number of aromatic nitrogens is 5. The molecule has 0 aliphatic heterocycles. The largest absolute Gasteiger partial charge is 0.349 e. The first-order valence-corrected chi connectivity index (χ1v) is 13.5. The standard InChI is InChI=1S/C26H30F3N7O3/c1-13-21(35-39-34-13)25(38)33-23(15-6-8-26(28,29)9-7-15)19-12-36-20(31-19)10-16(11-30-36)22(14-2-3-14)32-24(37)17-4-5-18(17)27/h10-12,14-15,17-18,22-23H,2-9H2,1H3,(H,32,37)(H,33,38)/t17-,18-,22-,23+/m1/s1. The Morgan fingerprint density at radius 3 is 2.41 bits per heavy atom. The topological polar surface area (TPSA) is 127 Å². The monoisotopic (exact) mass is 545 g/mol. The SMILES string of the molecule is Cc1nonc1C(=O)N[C@H](c1cn2ncc([C@H](NC(=O)[C@@H]3CC[C@H]3F)C3CC3)cc2n1)C1CCC(F)(F)CC1. The molecule has 3 aliphatic carbocycles. The van der Waals surface area contributed by atoms with Gasteiger partial charge in [-0.1, -0.05) is 5.16 Å². The van der Waals surface area contributed by atoms with Crippen molar-refractivity contribution in [1.82, 2.24) is 35.5 Å². The maximum Gasteiger partial charge on any atom is 0.276 e. The van der Waals surface area contributed by atoms with Crippen LogP contribution in [0.2, 0.25) is 0 Å². The van der Waals surface area contributed by atoms with Gasteiger partial charge in [-0.25, -0.2) is 27.3 Å². The van der Waals surface area contributed by atoms with Crippen LogP contribution in [0.25, 0.3) is 5.65 Å². The van der Waals surface area contributed by atoms with E-state index >= 15 is 0 Å². The van der Waals surface area contributed by atoms with Gasteiger partial charge in [0.1, 0.15) is 11.9 Å². The molecule has 0 spiro atoms. The molecule has 4 atom stereocenters. The van der Waals surface area contributed by atoms with Crippen LogP contribution in [0.5, 0.6) is 0 Å². The van der Waals surface area contributed by atoms with Crippen molar-refractivity contribution >= 4 is 17.5 Å². The molecule has 3 aromatic rings. The Labute approximate surface area is 222 Å². The summed E-state index contributed by atoms with van der Waals surface area (Å²) >= 11 is 0. The summed E-state index contributed by atoms with van der Waals surface area (Å²) in [4.78, 5) is 30.4. The zero-order valence-electron chi connectivity index (χ0n) is 21.4. The number of nitrogens with one attached hydrogen (secondary N) is 2. The summed E-state index contributed by atoms with van der Waals surface area (Å²) in [7, 11) is 0. The minimum atomic E-state index is -2.73. The fourth-order valence-electron chi connectivity index (χ4n) is 5.62. The molecule has 39 heavy (non-hydrogen) atoms. The molecule has 3 saturated carbocycles. The summed E-state index contributed by atoms with van der Waals surface area (Å²) < 4.78 is 47.9. The van der Waals surface area contributed by atoms with Crippen molar-refractivity contribution in [1.29, 1.82) is 0 Å². The first-order chi connectivity index (χ1) is 18.7. The minimum Gasteiger partial charge on any atom is -0.349 e. The zero-order valence-corrected chi connectivity index (χ0v) is 21.4. The molecule has 208 valence electrons. The Morgan fingerprint density at radius 2 is 1.79 bits per heavy atom. The van der Waals surface area contributed by atoms with Crippen molar-refractivity contribution in [3.05, 3.63) is 41.1 Å². The number of imidazole rings is 1. The molecule has 0 saturated heterocycles. The zero-order chi connectivity index (χ0) is 27.3. The minimum absolute atomic E-state index is 0.0234. The summed E-state index contributed by atoms with van der Waals surface area (Å²) in [6.07, 6.45) is 5.01. The lowest BCUT2D eigenvalue weighted by Gasteiger charge is -2.33. The predicted molar refractivity (Wildman–Crippen MR) is 130 cm³/mol. The van der Waals surface area contributed by atoms with E-state index in [0.29, 0.717) is 29.9 Å². The van der Waals surface area contributed by atoms with Crippen molar-refractivity contribution in [2.45, 2.75) is 82.5 Å². The molecule has 13 heteroatoms. The first kappa shape index (κ1) is 25.8. The van der Waals surface area contributed by atoms with E-state index < -0.39 is 30.0 Å². The summed E-state index contributed by atoms with van der Waals surface area (Å²) in [5, 5.41) is 17.7. The Kier molecular flexibility index (Phi) is 6.54. The third kappa shape index (κ3) is 5.22. The van der Waals surface area contributed by atoms with Crippen LogP contribution in [0.1, 0.15) is 90.9 Å². The highest BCUT2D eigenvalue weighted by molar-refractivity contribution is 5.93. The fourth-order valence-corrected chi connectivity index (χ4v) is 5.62. The molecule has 6 rings (SSSR count). The second-order valence-electron chi connectivity index (χ2n) is 11.1. The number of amides is 2. The Hall–Kier alpha value is -3.51. The van der Waals surface area contributed by atoms with Crippen LogP contribution >= 0.6 is 0 Å². The van der Waals surface area contributed by atoms with Crippen molar-refractivity contribution in [3.8, 4) is 0 Å². The van der Waals surface area contributed by atoms with E-state index in [-0.39, 0.29) is 55.2 Å². The molecule has 0 radical (unpaired) electrons. The number of hydrogen-bond acceptors (Lipinski definition) is 7. The number of carbonyl (C=O) groups excluding carboxylic acids is 2. The molecule has 0 bridgehead atoms. The van der Waals surface area contributed by atoms with Crippen LogP contribution < -0.4 is 10.6 Å². The highest BCUT2D eigenvalue weighted by Gasteiger charge is 2.41. The number of nitrogens with zero attached hydrogens (tertiary/aromatic N) is 5. The molecule has 10 nitrogen and oxygen atoms in total. The predicted octanol–water partition coefficient (Wildman–Crippen LogP) is 4.03. The Morgan fingerprint density at radius 1 is 1.05 bits per heavy atom. The number of alkyl halides is 3. The third-order valence-electron chi connectivity index (χ3n) is 8.34. The highest BCUT2D eigenvalue weighted by Crippen LogP contribution is 2.43. The van der Waals surface area contributed by atoms with Crippen LogP contribution in [0.15, 0.2) is 23.1 Å². The molecule has 0 aromatic carbocycles. The summed E-state index contributed by atoms with van der Waals surface area (Å²) in [5.41, 5.74) is 2.09. The Bertz CT molecular complexity index is 1380. The smallest absolute Gasteiger partial charge is 0.276 e. The van der Waals surface area contributed by atoms with Crippen molar-refractivity contribution < 1.29 is 27.4 Å². The average Bonchev–Trinajstić information content (AvgIpc) is 3.50. The van der Waals surface area contributed by atoms with Gasteiger partial charge in [0.05, 0.1) is 36.1 Å². The van der Waals surface area contributed by atoms with Crippen LogP contribution in [0.3, 0.4) is 0 Å². The average molecular weight is 546 g/mol. The van der Waals surface area contributed by atoms with E-state index in [9.17, 15) is 22.8 Å². The molecule has 0 unspecified atom stereocenters. The molecule has 3 aliphatic rings. The second kappa shape index (κ2) is 9.91.